The van der Waals surface area contributed by atoms with Gasteiger partial charge in [-0.05, 0) is 43.2 Å². The van der Waals surface area contributed by atoms with Crippen LogP contribution in [0.2, 0.25) is 0 Å². The van der Waals surface area contributed by atoms with Crippen molar-refractivity contribution in [3.05, 3.63) is 88.2 Å². The maximum absolute atomic E-state index is 11.8. The minimum absolute atomic E-state index is 0.153. The molecule has 0 saturated carbocycles. The van der Waals surface area contributed by atoms with Gasteiger partial charge >= 0.3 is 0 Å². The topological polar surface area (TPSA) is 88.5 Å². The van der Waals surface area contributed by atoms with E-state index < -0.39 is 0 Å². The molecular formula is C22H22N6O. The molecule has 0 radical (unpaired) electrons. The van der Waals surface area contributed by atoms with Crippen LogP contribution >= 0.6 is 0 Å². The Bertz CT molecular complexity index is 1180. The summed E-state index contributed by atoms with van der Waals surface area (Å²) in [5.74, 6) is 1.28. The predicted octanol–water partition coefficient (Wildman–Crippen LogP) is 3.50. The van der Waals surface area contributed by atoms with E-state index >= 15 is 0 Å². The molecule has 146 valence electrons. The zero-order valence-corrected chi connectivity index (χ0v) is 16.4. The van der Waals surface area contributed by atoms with E-state index in [1.54, 1.807) is 6.20 Å². The van der Waals surface area contributed by atoms with Crippen LogP contribution in [0, 0.1) is 6.92 Å². The van der Waals surface area contributed by atoms with Crippen molar-refractivity contribution in [3.63, 3.8) is 0 Å². The van der Waals surface area contributed by atoms with Gasteiger partial charge in [0.2, 0.25) is 0 Å². The average molecular weight is 386 g/mol. The number of H-pyrrole nitrogens is 1. The number of rotatable bonds is 6. The number of para-hydroxylation sites is 1. The van der Waals surface area contributed by atoms with E-state index in [1.807, 2.05) is 61.1 Å². The smallest absolute Gasteiger partial charge is 0.251 e. The molecule has 0 unspecified atom stereocenters. The van der Waals surface area contributed by atoms with Crippen LogP contribution in [0.1, 0.15) is 23.9 Å². The van der Waals surface area contributed by atoms with Crippen LogP contribution in [0.4, 0.5) is 5.82 Å². The summed E-state index contributed by atoms with van der Waals surface area (Å²) in [6.07, 6.45) is 4.38. The number of benzene rings is 1. The Morgan fingerprint density at radius 2 is 2.00 bits per heavy atom. The number of hydrogen-bond donors (Lipinski definition) is 2. The van der Waals surface area contributed by atoms with E-state index in [0.29, 0.717) is 18.8 Å². The van der Waals surface area contributed by atoms with Crippen molar-refractivity contribution in [2.75, 3.05) is 5.32 Å². The van der Waals surface area contributed by atoms with Crippen LogP contribution in [0.15, 0.2) is 65.7 Å². The third kappa shape index (κ3) is 4.24. The van der Waals surface area contributed by atoms with Crippen molar-refractivity contribution in [2.24, 2.45) is 0 Å². The summed E-state index contributed by atoms with van der Waals surface area (Å²) >= 11 is 0. The van der Waals surface area contributed by atoms with Crippen LogP contribution < -0.4 is 10.9 Å². The lowest BCUT2D eigenvalue weighted by molar-refractivity contribution is 0.848. The van der Waals surface area contributed by atoms with Crippen molar-refractivity contribution in [2.45, 2.75) is 26.8 Å². The van der Waals surface area contributed by atoms with Crippen LogP contribution in [0.3, 0.4) is 0 Å². The van der Waals surface area contributed by atoms with Gasteiger partial charge in [0.05, 0.1) is 11.4 Å². The number of hydrogen-bond acceptors (Lipinski definition) is 5. The second-order valence-electron chi connectivity index (χ2n) is 6.75. The maximum atomic E-state index is 11.8. The van der Waals surface area contributed by atoms with Gasteiger partial charge in [0.1, 0.15) is 11.6 Å². The fraction of sp³-hybridized carbons (Fsp3) is 0.182. The summed E-state index contributed by atoms with van der Waals surface area (Å²) < 4.78 is 1.88. The molecule has 3 aromatic heterocycles. The average Bonchev–Trinajstić information content (AvgIpc) is 3.18. The van der Waals surface area contributed by atoms with Gasteiger partial charge in [0.15, 0.2) is 0 Å². The lowest BCUT2D eigenvalue weighted by atomic mass is 10.1. The molecule has 0 aliphatic rings. The van der Waals surface area contributed by atoms with Crippen LogP contribution in [-0.4, -0.2) is 24.7 Å². The number of nitrogens with zero attached hydrogens (tertiary/aromatic N) is 4. The Balaban J connectivity index is 1.51. The van der Waals surface area contributed by atoms with E-state index in [0.717, 1.165) is 34.0 Å². The monoisotopic (exact) mass is 386 g/mol. The molecule has 0 atom stereocenters. The van der Waals surface area contributed by atoms with Crippen molar-refractivity contribution < 1.29 is 0 Å². The van der Waals surface area contributed by atoms with Gasteiger partial charge in [0.25, 0.3) is 5.56 Å². The standard InChI is InChI=1S/C22H22N6O/c1-3-18-12-21(29)26-22(25-18)17-8-9-20(24-14-17)23-13-16-6-4-5-7-19(16)28-11-10-15(2)27-28/h4-12,14H,3,13H2,1-2H3,(H,23,24)(H,25,26,29). The zero-order valence-electron chi connectivity index (χ0n) is 16.4. The Kier molecular flexibility index (Phi) is 5.20. The van der Waals surface area contributed by atoms with Crippen LogP contribution in [-0.2, 0) is 13.0 Å². The van der Waals surface area contributed by atoms with Gasteiger partial charge in [-0.15, -0.1) is 0 Å². The van der Waals surface area contributed by atoms with Crippen molar-refractivity contribution in [3.8, 4) is 17.1 Å². The molecule has 0 bridgehead atoms. The fourth-order valence-corrected chi connectivity index (χ4v) is 3.08. The highest BCUT2D eigenvalue weighted by molar-refractivity contribution is 5.56. The molecule has 0 amide bonds. The van der Waals surface area contributed by atoms with Gasteiger partial charge in [0, 0.05) is 36.3 Å². The number of nitrogens with one attached hydrogen (secondary N) is 2. The molecule has 0 aliphatic heterocycles. The molecule has 0 spiro atoms. The van der Waals surface area contributed by atoms with E-state index in [2.05, 4.69) is 31.4 Å². The molecule has 4 rings (SSSR count). The summed E-state index contributed by atoms with van der Waals surface area (Å²) in [5, 5.41) is 7.85. The highest BCUT2D eigenvalue weighted by atomic mass is 16.1. The molecule has 0 saturated heterocycles. The first-order valence-corrected chi connectivity index (χ1v) is 9.53. The molecule has 0 fully saturated rings. The lowest BCUT2D eigenvalue weighted by Gasteiger charge is -2.11. The fourth-order valence-electron chi connectivity index (χ4n) is 3.08. The number of anilines is 1. The number of aryl methyl sites for hydroxylation is 2. The molecule has 7 heteroatoms. The third-order valence-electron chi connectivity index (χ3n) is 4.61. The Hall–Kier alpha value is -3.74. The molecule has 3 heterocycles. The second kappa shape index (κ2) is 8.10. The van der Waals surface area contributed by atoms with E-state index in [9.17, 15) is 4.79 Å². The normalized spacial score (nSPS) is 10.8. The SMILES string of the molecule is CCc1cc(=O)[nH]c(-c2ccc(NCc3ccccc3-n3ccc(C)n3)nc2)n1. The summed E-state index contributed by atoms with van der Waals surface area (Å²) in [5.41, 5.74) is 4.50. The molecule has 2 N–H and O–H groups in total. The number of aromatic nitrogens is 5. The van der Waals surface area contributed by atoms with Gasteiger partial charge in [-0.25, -0.2) is 14.6 Å². The van der Waals surface area contributed by atoms with Crippen LogP contribution in [0.25, 0.3) is 17.1 Å². The van der Waals surface area contributed by atoms with Crippen molar-refractivity contribution in [1.29, 1.82) is 0 Å². The number of aromatic amines is 1. The lowest BCUT2D eigenvalue weighted by Crippen LogP contribution is -2.10. The second-order valence-corrected chi connectivity index (χ2v) is 6.75. The van der Waals surface area contributed by atoms with Crippen molar-refractivity contribution >= 4 is 5.82 Å². The highest BCUT2D eigenvalue weighted by Gasteiger charge is 2.07. The van der Waals surface area contributed by atoms with E-state index in [1.165, 1.54) is 6.07 Å². The predicted molar refractivity (Wildman–Crippen MR) is 113 cm³/mol. The number of pyridine rings is 1. The van der Waals surface area contributed by atoms with Gasteiger partial charge in [-0.3, -0.25) is 4.79 Å². The Morgan fingerprint density at radius 3 is 2.72 bits per heavy atom. The molecule has 29 heavy (non-hydrogen) atoms. The summed E-state index contributed by atoms with van der Waals surface area (Å²) in [4.78, 5) is 23.5. The van der Waals surface area contributed by atoms with Gasteiger partial charge < -0.3 is 10.3 Å². The summed E-state index contributed by atoms with van der Waals surface area (Å²) in [6, 6.07) is 15.4. The van der Waals surface area contributed by atoms with Crippen molar-refractivity contribution in [1.82, 2.24) is 24.7 Å². The van der Waals surface area contributed by atoms with E-state index in [4.69, 9.17) is 0 Å². The van der Waals surface area contributed by atoms with Crippen LogP contribution in [0.5, 0.6) is 0 Å². The van der Waals surface area contributed by atoms with Gasteiger partial charge in [-0.1, -0.05) is 25.1 Å². The largest absolute Gasteiger partial charge is 0.366 e. The quantitative estimate of drug-likeness (QED) is 0.529. The summed E-state index contributed by atoms with van der Waals surface area (Å²) in [7, 11) is 0. The third-order valence-corrected chi connectivity index (χ3v) is 4.61. The molecule has 7 nitrogen and oxygen atoms in total. The first-order chi connectivity index (χ1) is 14.1. The first kappa shape index (κ1) is 18.6. The molecular weight excluding hydrogens is 364 g/mol. The highest BCUT2D eigenvalue weighted by Crippen LogP contribution is 2.18. The molecule has 0 aliphatic carbocycles. The molecule has 1 aromatic carbocycles. The summed E-state index contributed by atoms with van der Waals surface area (Å²) in [6.45, 7) is 4.56. The van der Waals surface area contributed by atoms with Gasteiger partial charge in [-0.2, -0.15) is 5.10 Å². The Morgan fingerprint density at radius 1 is 1.14 bits per heavy atom. The first-order valence-electron chi connectivity index (χ1n) is 9.53. The minimum Gasteiger partial charge on any atom is -0.366 e. The zero-order chi connectivity index (χ0) is 20.2. The maximum Gasteiger partial charge on any atom is 0.251 e. The van der Waals surface area contributed by atoms with E-state index in [-0.39, 0.29) is 5.56 Å². The minimum atomic E-state index is -0.153. The molecule has 4 aromatic rings. The Labute approximate surface area is 168 Å².